The summed E-state index contributed by atoms with van der Waals surface area (Å²) in [5, 5.41) is 0. The van der Waals surface area contributed by atoms with Crippen molar-refractivity contribution in [3.05, 3.63) is 65.5 Å². The van der Waals surface area contributed by atoms with E-state index in [-0.39, 0.29) is 5.56 Å². The van der Waals surface area contributed by atoms with Crippen molar-refractivity contribution in [2.45, 2.75) is 19.0 Å². The Morgan fingerprint density at radius 1 is 1.10 bits per heavy atom. The van der Waals surface area contributed by atoms with Gasteiger partial charge in [-0.1, -0.05) is 24.3 Å². The van der Waals surface area contributed by atoms with Gasteiger partial charge in [0.05, 0.1) is 17.2 Å². The molecule has 5 heteroatoms. The zero-order valence-electron chi connectivity index (χ0n) is 10.7. The van der Waals surface area contributed by atoms with E-state index in [1.54, 1.807) is 25.1 Å². The van der Waals surface area contributed by atoms with Gasteiger partial charge in [0.1, 0.15) is 0 Å². The first-order valence-corrected chi connectivity index (χ1v) is 6.02. The molecule has 0 aliphatic heterocycles. The maximum absolute atomic E-state index is 12.9. The van der Waals surface area contributed by atoms with Crippen LogP contribution in [-0.2, 0) is 6.18 Å². The number of aromatic nitrogens is 1. The van der Waals surface area contributed by atoms with Gasteiger partial charge in [-0.05, 0) is 25.1 Å². The molecule has 1 aromatic heterocycles. The highest BCUT2D eigenvalue weighted by molar-refractivity contribution is 6.01. The van der Waals surface area contributed by atoms with Crippen molar-refractivity contribution in [1.82, 2.24) is 4.98 Å². The number of carbonyl (C=O) groups is 1. The van der Waals surface area contributed by atoms with Gasteiger partial charge >= 0.3 is 6.18 Å². The van der Waals surface area contributed by atoms with Crippen molar-refractivity contribution in [2.24, 2.45) is 0 Å². The van der Waals surface area contributed by atoms with Gasteiger partial charge in [0.2, 0.25) is 0 Å². The third kappa shape index (κ3) is 2.87. The number of pyridine rings is 1. The Labute approximate surface area is 114 Å². The minimum atomic E-state index is -4.55. The molecule has 0 radical (unpaired) electrons. The summed E-state index contributed by atoms with van der Waals surface area (Å²) in [6, 6.07) is 9.81. The molecule has 0 saturated heterocycles. The molecule has 0 spiro atoms. The van der Waals surface area contributed by atoms with Crippen LogP contribution in [0.4, 0.5) is 13.2 Å². The molecule has 1 aromatic carbocycles. The van der Waals surface area contributed by atoms with Gasteiger partial charge in [-0.25, -0.2) is 0 Å². The predicted octanol–water partition coefficient (Wildman–Crippen LogP) is 4.09. The largest absolute Gasteiger partial charge is 0.417 e. The SMILES string of the molecule is CC(C(=O)c1ccccc1C(F)(F)F)c1ccccn1. The molecule has 1 heterocycles. The van der Waals surface area contributed by atoms with Crippen molar-refractivity contribution in [1.29, 1.82) is 0 Å². The van der Waals surface area contributed by atoms with E-state index < -0.39 is 23.4 Å². The number of alkyl halides is 3. The van der Waals surface area contributed by atoms with E-state index in [2.05, 4.69) is 4.98 Å². The molecular weight excluding hydrogens is 267 g/mol. The Balaban J connectivity index is 2.40. The van der Waals surface area contributed by atoms with Crippen molar-refractivity contribution < 1.29 is 18.0 Å². The van der Waals surface area contributed by atoms with Crippen LogP contribution in [-0.4, -0.2) is 10.8 Å². The van der Waals surface area contributed by atoms with Crippen LogP contribution in [0.2, 0.25) is 0 Å². The molecule has 0 bridgehead atoms. The smallest absolute Gasteiger partial charge is 0.293 e. The first-order chi connectivity index (χ1) is 9.41. The predicted molar refractivity (Wildman–Crippen MR) is 68.4 cm³/mol. The van der Waals surface area contributed by atoms with E-state index in [0.717, 1.165) is 6.07 Å². The molecule has 2 rings (SSSR count). The van der Waals surface area contributed by atoms with Crippen LogP contribution >= 0.6 is 0 Å². The average molecular weight is 279 g/mol. The van der Waals surface area contributed by atoms with Crippen LogP contribution in [0, 0.1) is 0 Å². The molecule has 0 aliphatic carbocycles. The number of nitrogens with zero attached hydrogens (tertiary/aromatic N) is 1. The first kappa shape index (κ1) is 14.2. The topological polar surface area (TPSA) is 30.0 Å². The van der Waals surface area contributed by atoms with Gasteiger partial charge in [-0.2, -0.15) is 13.2 Å². The zero-order valence-corrected chi connectivity index (χ0v) is 10.7. The lowest BCUT2D eigenvalue weighted by Crippen LogP contribution is -2.17. The van der Waals surface area contributed by atoms with Crippen LogP contribution in [0.25, 0.3) is 0 Å². The highest BCUT2D eigenvalue weighted by atomic mass is 19.4. The van der Waals surface area contributed by atoms with Crippen molar-refractivity contribution >= 4 is 5.78 Å². The van der Waals surface area contributed by atoms with E-state index in [1.807, 2.05) is 0 Å². The van der Waals surface area contributed by atoms with Gasteiger partial charge in [-0.3, -0.25) is 9.78 Å². The fourth-order valence-corrected chi connectivity index (χ4v) is 1.94. The van der Waals surface area contributed by atoms with E-state index in [9.17, 15) is 18.0 Å². The van der Waals surface area contributed by atoms with Crippen LogP contribution in [0.5, 0.6) is 0 Å². The normalized spacial score (nSPS) is 13.0. The van der Waals surface area contributed by atoms with E-state index in [0.29, 0.717) is 5.69 Å². The quantitative estimate of drug-likeness (QED) is 0.792. The summed E-state index contributed by atoms with van der Waals surface area (Å²) >= 11 is 0. The standard InChI is InChI=1S/C15H12F3NO/c1-10(13-8-4-5-9-19-13)14(20)11-6-2-3-7-12(11)15(16,17)18/h2-10H,1H3. The van der Waals surface area contributed by atoms with E-state index in [1.165, 1.54) is 24.4 Å². The molecule has 0 fully saturated rings. The second kappa shape index (κ2) is 5.45. The van der Waals surface area contributed by atoms with Crippen LogP contribution in [0.15, 0.2) is 48.7 Å². The molecule has 104 valence electrons. The second-order valence-electron chi connectivity index (χ2n) is 4.38. The van der Waals surface area contributed by atoms with Gasteiger partial charge in [0.25, 0.3) is 0 Å². The van der Waals surface area contributed by atoms with Gasteiger partial charge < -0.3 is 0 Å². The summed E-state index contributed by atoms with van der Waals surface area (Å²) in [6.07, 6.45) is -3.04. The third-order valence-electron chi connectivity index (χ3n) is 3.02. The maximum atomic E-state index is 12.9. The Kier molecular flexibility index (Phi) is 3.88. The number of benzene rings is 1. The summed E-state index contributed by atoms with van der Waals surface area (Å²) in [5.74, 6) is -1.31. The average Bonchev–Trinajstić information content (AvgIpc) is 2.46. The van der Waals surface area contributed by atoms with Gasteiger partial charge in [0.15, 0.2) is 5.78 Å². The Morgan fingerprint density at radius 3 is 2.35 bits per heavy atom. The summed E-state index contributed by atoms with van der Waals surface area (Å²) < 4.78 is 38.7. The van der Waals surface area contributed by atoms with Gasteiger partial charge in [0, 0.05) is 11.8 Å². The highest BCUT2D eigenvalue weighted by Crippen LogP contribution is 2.33. The summed E-state index contributed by atoms with van der Waals surface area (Å²) in [6.45, 7) is 1.55. The Morgan fingerprint density at radius 2 is 1.75 bits per heavy atom. The maximum Gasteiger partial charge on any atom is 0.417 e. The lowest BCUT2D eigenvalue weighted by molar-refractivity contribution is -0.137. The lowest BCUT2D eigenvalue weighted by atomic mass is 9.92. The molecule has 1 atom stereocenters. The first-order valence-electron chi connectivity index (χ1n) is 6.02. The summed E-state index contributed by atoms with van der Waals surface area (Å²) in [5.41, 5.74) is -0.777. The van der Waals surface area contributed by atoms with Gasteiger partial charge in [-0.15, -0.1) is 0 Å². The number of halogens is 3. The molecule has 0 aliphatic rings. The van der Waals surface area contributed by atoms with Crippen molar-refractivity contribution in [3.8, 4) is 0 Å². The molecule has 0 N–H and O–H groups in total. The monoisotopic (exact) mass is 279 g/mol. The molecular formula is C15H12F3NO. The minimum Gasteiger partial charge on any atom is -0.293 e. The zero-order chi connectivity index (χ0) is 14.8. The highest BCUT2D eigenvalue weighted by Gasteiger charge is 2.35. The number of carbonyl (C=O) groups excluding carboxylic acids is 1. The molecule has 1 unspecified atom stereocenters. The van der Waals surface area contributed by atoms with E-state index in [4.69, 9.17) is 0 Å². The number of Topliss-reactive ketones (excluding diaryl/α,β-unsaturated/α-hetero) is 1. The second-order valence-corrected chi connectivity index (χ2v) is 4.38. The number of rotatable bonds is 3. The fraction of sp³-hybridized carbons (Fsp3) is 0.200. The summed E-state index contributed by atoms with van der Waals surface area (Å²) in [4.78, 5) is 16.3. The third-order valence-corrected chi connectivity index (χ3v) is 3.02. The van der Waals surface area contributed by atoms with E-state index >= 15 is 0 Å². The number of ketones is 1. The Hall–Kier alpha value is -2.17. The summed E-state index contributed by atoms with van der Waals surface area (Å²) in [7, 11) is 0. The van der Waals surface area contributed by atoms with Crippen molar-refractivity contribution in [3.63, 3.8) is 0 Å². The molecule has 0 amide bonds. The molecule has 2 nitrogen and oxygen atoms in total. The molecule has 20 heavy (non-hydrogen) atoms. The molecule has 0 saturated carbocycles. The minimum absolute atomic E-state index is 0.321. The van der Waals surface area contributed by atoms with Crippen LogP contribution in [0.3, 0.4) is 0 Å². The number of hydrogen-bond donors (Lipinski definition) is 0. The molecule has 2 aromatic rings. The van der Waals surface area contributed by atoms with Crippen LogP contribution in [0.1, 0.15) is 34.5 Å². The fourth-order valence-electron chi connectivity index (χ4n) is 1.94. The Bertz CT molecular complexity index is 608. The van der Waals surface area contributed by atoms with Crippen molar-refractivity contribution in [2.75, 3.05) is 0 Å². The lowest BCUT2D eigenvalue weighted by Gasteiger charge is -2.15. The van der Waals surface area contributed by atoms with Crippen LogP contribution < -0.4 is 0 Å². The number of hydrogen-bond acceptors (Lipinski definition) is 2.